The van der Waals surface area contributed by atoms with Crippen molar-refractivity contribution in [2.24, 2.45) is 23.3 Å². The Labute approximate surface area is 252 Å². The zero-order valence-electron chi connectivity index (χ0n) is 27.7. The number of aryl methyl sites for hydroxylation is 2. The molecule has 2 nitrogen and oxygen atoms in total. The monoisotopic (exact) mass is 558 g/mol. The summed E-state index contributed by atoms with van der Waals surface area (Å²) in [4.78, 5) is 0. The zero-order chi connectivity index (χ0) is 30.4. The van der Waals surface area contributed by atoms with Crippen LogP contribution in [0.2, 0.25) is 0 Å². The second-order valence-electron chi connectivity index (χ2n) is 16.4. The summed E-state index contributed by atoms with van der Waals surface area (Å²) in [6.07, 6.45) is 5.19. The number of rotatable bonds is 3. The Morgan fingerprint density at radius 2 is 1.21 bits per heavy atom. The van der Waals surface area contributed by atoms with Gasteiger partial charge >= 0.3 is 0 Å². The lowest BCUT2D eigenvalue weighted by Crippen LogP contribution is -2.32. The molecule has 0 saturated heterocycles. The van der Waals surface area contributed by atoms with Gasteiger partial charge in [-0.05, 0) is 75.1 Å². The van der Waals surface area contributed by atoms with E-state index in [0.717, 1.165) is 30.8 Å². The topological polar surface area (TPSA) is 13.1 Å². The minimum Gasteiger partial charge on any atom is -0.455 e. The highest BCUT2D eigenvalue weighted by Crippen LogP contribution is 2.55. The molecule has 0 atom stereocenters. The third-order valence-electron chi connectivity index (χ3n) is 8.65. The van der Waals surface area contributed by atoms with Crippen LogP contribution < -0.4 is 9.30 Å². The van der Waals surface area contributed by atoms with Gasteiger partial charge < -0.3 is 4.74 Å². The van der Waals surface area contributed by atoms with E-state index in [1.165, 1.54) is 65.8 Å². The first-order valence-corrected chi connectivity index (χ1v) is 15.6. The quantitative estimate of drug-likeness (QED) is 0.155. The molecule has 0 bridgehead atoms. The molecule has 0 spiro atoms. The summed E-state index contributed by atoms with van der Waals surface area (Å²) in [6, 6.07) is 18.4. The lowest BCUT2D eigenvalue weighted by atomic mass is 9.79. The van der Waals surface area contributed by atoms with Crippen molar-refractivity contribution < 1.29 is 9.30 Å². The number of benzene rings is 4. The van der Waals surface area contributed by atoms with E-state index < -0.39 is 0 Å². The molecule has 0 unspecified atom stereocenters. The molecule has 6 rings (SSSR count). The van der Waals surface area contributed by atoms with E-state index in [4.69, 9.17) is 4.74 Å². The fourth-order valence-electron chi connectivity index (χ4n) is 7.15. The Morgan fingerprint density at radius 1 is 0.619 bits per heavy atom. The lowest BCUT2D eigenvalue weighted by Gasteiger charge is -2.31. The van der Waals surface area contributed by atoms with Gasteiger partial charge in [-0.25, -0.2) is 4.57 Å². The van der Waals surface area contributed by atoms with Crippen LogP contribution >= 0.6 is 0 Å². The van der Waals surface area contributed by atoms with E-state index in [1.807, 2.05) is 0 Å². The molecule has 2 heteroatoms. The Kier molecular flexibility index (Phi) is 6.54. The van der Waals surface area contributed by atoms with Crippen LogP contribution in [0, 0.1) is 23.2 Å². The van der Waals surface area contributed by atoms with Crippen LogP contribution in [0.25, 0.3) is 43.6 Å². The number of hydrogen-bond acceptors (Lipinski definition) is 1. The highest BCUT2D eigenvalue weighted by Gasteiger charge is 2.36. The zero-order valence-corrected chi connectivity index (χ0v) is 27.7. The van der Waals surface area contributed by atoms with E-state index in [-0.39, 0.29) is 16.2 Å². The Morgan fingerprint density at radius 3 is 1.83 bits per heavy atom. The predicted molar refractivity (Wildman–Crippen MR) is 180 cm³/mol. The van der Waals surface area contributed by atoms with Crippen molar-refractivity contribution in [3.63, 3.8) is 0 Å². The van der Waals surface area contributed by atoms with Gasteiger partial charge in [-0.2, -0.15) is 0 Å². The first-order chi connectivity index (χ1) is 19.5. The predicted octanol–water partition coefficient (Wildman–Crippen LogP) is 10.8. The molecule has 0 amide bonds. The van der Waals surface area contributed by atoms with E-state index in [9.17, 15) is 0 Å². The molecule has 218 valence electrons. The molecule has 0 radical (unpaired) electrons. The molecule has 0 fully saturated rings. The SMILES string of the molecule is Cc1c2c(c(CC(C)(C)C)c3ccccc13)Oc1c(CC(C)(C)C)c3cc(CC(C)(C)C)ccc3c3cc[n+](C)c-2c13. The summed E-state index contributed by atoms with van der Waals surface area (Å²) in [5, 5.41) is 7.83. The van der Waals surface area contributed by atoms with Gasteiger partial charge in [0, 0.05) is 22.6 Å². The van der Waals surface area contributed by atoms with E-state index in [1.54, 1.807) is 0 Å². The number of aromatic nitrogens is 1. The Balaban J connectivity index is 1.79. The standard InChI is InChI=1S/C40H48NO/c1-24-26-14-12-13-15-27(26)31(22-39(5,6)7)36-33(24)35-34-29(18-19-41(35)11)28-17-16-25(21-38(2,3)4)20-30(28)32(37(34)42-36)23-40(8,9)10/h12-20H,21-23H2,1-11H3/q+1. The van der Waals surface area contributed by atoms with Crippen molar-refractivity contribution in [3.05, 3.63) is 77.0 Å². The van der Waals surface area contributed by atoms with E-state index in [2.05, 4.69) is 136 Å². The molecular weight excluding hydrogens is 510 g/mol. The summed E-state index contributed by atoms with van der Waals surface area (Å²) in [5.74, 6) is 2.11. The summed E-state index contributed by atoms with van der Waals surface area (Å²) < 4.78 is 9.71. The van der Waals surface area contributed by atoms with Gasteiger partial charge in [0.2, 0.25) is 5.69 Å². The van der Waals surface area contributed by atoms with Crippen molar-refractivity contribution in [2.75, 3.05) is 0 Å². The van der Waals surface area contributed by atoms with Crippen LogP contribution in [-0.2, 0) is 26.3 Å². The van der Waals surface area contributed by atoms with E-state index in [0.29, 0.717) is 0 Å². The van der Waals surface area contributed by atoms with Gasteiger partial charge in [-0.15, -0.1) is 0 Å². The van der Waals surface area contributed by atoms with Gasteiger partial charge in [0.05, 0.1) is 10.9 Å². The fourth-order valence-corrected chi connectivity index (χ4v) is 7.15. The fraction of sp³-hybridized carbons (Fsp3) is 0.425. The summed E-state index contributed by atoms with van der Waals surface area (Å²) >= 11 is 0. The molecule has 0 N–H and O–H groups in total. The molecule has 1 aromatic heterocycles. The molecule has 2 heterocycles. The number of nitrogens with zero attached hydrogens (tertiary/aromatic N) is 1. The third kappa shape index (κ3) is 4.97. The molecule has 0 saturated carbocycles. The smallest absolute Gasteiger partial charge is 0.228 e. The van der Waals surface area contributed by atoms with Gasteiger partial charge in [-0.3, -0.25) is 0 Å². The molecule has 5 aromatic rings. The molecule has 1 aliphatic rings. The maximum Gasteiger partial charge on any atom is 0.228 e. The summed E-state index contributed by atoms with van der Waals surface area (Å²) in [7, 11) is 2.20. The minimum atomic E-state index is 0.103. The van der Waals surface area contributed by atoms with Crippen LogP contribution in [0.15, 0.2) is 54.7 Å². The molecular formula is C40H48NO+. The average molecular weight is 559 g/mol. The van der Waals surface area contributed by atoms with Crippen LogP contribution in [0.3, 0.4) is 0 Å². The average Bonchev–Trinajstić information content (AvgIpc) is 2.87. The van der Waals surface area contributed by atoms with Crippen molar-refractivity contribution in [3.8, 4) is 22.8 Å². The molecule has 1 aliphatic heterocycles. The number of fused-ring (bicyclic) bond motifs is 5. The van der Waals surface area contributed by atoms with Crippen LogP contribution in [-0.4, -0.2) is 0 Å². The first kappa shape index (κ1) is 28.7. The van der Waals surface area contributed by atoms with Crippen LogP contribution in [0.5, 0.6) is 11.5 Å². The second-order valence-corrected chi connectivity index (χ2v) is 16.4. The highest BCUT2D eigenvalue weighted by atomic mass is 16.5. The maximum absolute atomic E-state index is 7.38. The first-order valence-electron chi connectivity index (χ1n) is 15.6. The van der Waals surface area contributed by atoms with Crippen molar-refractivity contribution >= 4 is 32.3 Å². The normalized spacial score (nSPS) is 13.6. The summed E-state index contributed by atoms with van der Waals surface area (Å²) in [6.45, 7) is 23.3. The second kappa shape index (κ2) is 9.56. The molecule has 0 aliphatic carbocycles. The van der Waals surface area contributed by atoms with Gasteiger partial charge in [0.25, 0.3) is 0 Å². The van der Waals surface area contributed by atoms with Gasteiger partial charge in [0.15, 0.2) is 6.20 Å². The summed E-state index contributed by atoms with van der Waals surface area (Å²) in [5.41, 5.74) is 8.32. The van der Waals surface area contributed by atoms with Crippen molar-refractivity contribution in [1.82, 2.24) is 0 Å². The van der Waals surface area contributed by atoms with E-state index >= 15 is 0 Å². The van der Waals surface area contributed by atoms with Crippen LogP contribution in [0.4, 0.5) is 0 Å². The van der Waals surface area contributed by atoms with Crippen molar-refractivity contribution in [2.45, 2.75) is 88.5 Å². The van der Waals surface area contributed by atoms with Crippen molar-refractivity contribution in [1.29, 1.82) is 0 Å². The Hall–Kier alpha value is -3.39. The minimum absolute atomic E-state index is 0.103. The Bertz CT molecular complexity index is 1890. The number of hydrogen-bond donors (Lipinski definition) is 0. The maximum atomic E-state index is 7.38. The van der Waals surface area contributed by atoms with Gasteiger partial charge in [-0.1, -0.05) is 105 Å². The van der Waals surface area contributed by atoms with Gasteiger partial charge in [0.1, 0.15) is 18.5 Å². The molecule has 4 aromatic carbocycles. The third-order valence-corrected chi connectivity index (χ3v) is 8.65. The number of pyridine rings is 1. The highest BCUT2D eigenvalue weighted by molar-refractivity contribution is 6.17. The largest absolute Gasteiger partial charge is 0.455 e. The lowest BCUT2D eigenvalue weighted by molar-refractivity contribution is -0.659. The molecule has 42 heavy (non-hydrogen) atoms. The number of ether oxygens (including phenoxy) is 1. The van der Waals surface area contributed by atoms with Crippen LogP contribution in [0.1, 0.15) is 84.6 Å².